The summed E-state index contributed by atoms with van der Waals surface area (Å²) >= 11 is 0. The van der Waals surface area contributed by atoms with Gasteiger partial charge in [-0.25, -0.2) is 5.06 Å². The number of hydroxylamine groups is 2. The summed E-state index contributed by atoms with van der Waals surface area (Å²) in [5, 5.41) is 11.0. The molecule has 0 aliphatic heterocycles. The lowest BCUT2D eigenvalue weighted by molar-refractivity contribution is -0.177. The molecule has 0 fully saturated rings. The first-order valence-electron chi connectivity index (χ1n) is 4.94. The fourth-order valence-corrected chi connectivity index (χ4v) is 1.38. The van der Waals surface area contributed by atoms with E-state index in [1.165, 1.54) is 14.2 Å². The van der Waals surface area contributed by atoms with Crippen molar-refractivity contribution in [3.05, 3.63) is 0 Å². The summed E-state index contributed by atoms with van der Waals surface area (Å²) in [4.78, 5) is 16.4. The van der Waals surface area contributed by atoms with Crippen LogP contribution in [0.2, 0.25) is 0 Å². The van der Waals surface area contributed by atoms with Crippen molar-refractivity contribution in [3.8, 4) is 0 Å². The second-order valence-corrected chi connectivity index (χ2v) is 3.73. The zero-order chi connectivity index (χ0) is 12.0. The summed E-state index contributed by atoms with van der Waals surface area (Å²) in [6.07, 6.45) is -0.727. The summed E-state index contributed by atoms with van der Waals surface area (Å²) in [6, 6.07) is 0. The number of carbonyl (C=O) groups is 1. The Kier molecular flexibility index (Phi) is 6.47. The van der Waals surface area contributed by atoms with Gasteiger partial charge >= 0.3 is 0 Å². The number of carbonyl (C=O) groups excluding carboxylic acids is 1. The van der Waals surface area contributed by atoms with E-state index in [-0.39, 0.29) is 11.8 Å². The molecule has 1 N–H and O–H groups in total. The van der Waals surface area contributed by atoms with E-state index >= 15 is 0 Å². The van der Waals surface area contributed by atoms with Crippen LogP contribution >= 0.6 is 0 Å². The van der Waals surface area contributed by atoms with Gasteiger partial charge in [0.05, 0.1) is 25.7 Å². The highest BCUT2D eigenvalue weighted by Crippen LogP contribution is 2.15. The van der Waals surface area contributed by atoms with Crippen molar-refractivity contribution >= 4 is 5.91 Å². The molecule has 90 valence electrons. The van der Waals surface area contributed by atoms with Crippen LogP contribution in [0.3, 0.4) is 0 Å². The predicted octanol–water partition coefficient (Wildman–Crippen LogP) is 0.286. The Bertz CT molecular complexity index is 198. The lowest BCUT2D eigenvalue weighted by Crippen LogP contribution is -2.40. The third-order valence-electron chi connectivity index (χ3n) is 2.50. The molecule has 0 radical (unpaired) electrons. The molecule has 0 rings (SSSR count). The maximum Gasteiger partial charge on any atom is 0.251 e. The highest BCUT2D eigenvalue weighted by molar-refractivity contribution is 5.77. The minimum absolute atomic E-state index is 0.0841. The summed E-state index contributed by atoms with van der Waals surface area (Å²) in [5.41, 5.74) is 0. The van der Waals surface area contributed by atoms with Gasteiger partial charge in [-0.2, -0.15) is 0 Å². The molecule has 0 spiro atoms. The topological polar surface area (TPSA) is 59.0 Å². The van der Waals surface area contributed by atoms with Gasteiger partial charge in [0.15, 0.2) is 0 Å². The predicted molar refractivity (Wildman–Crippen MR) is 56.0 cm³/mol. The second-order valence-electron chi connectivity index (χ2n) is 3.73. The number of hydrogen-bond acceptors (Lipinski definition) is 4. The van der Waals surface area contributed by atoms with Crippen LogP contribution in [0.5, 0.6) is 0 Å². The molecule has 0 aromatic rings. The van der Waals surface area contributed by atoms with Crippen LogP contribution in [0.1, 0.15) is 13.8 Å². The fraction of sp³-hybridized carbons (Fsp3) is 0.900. The fourth-order valence-electron chi connectivity index (χ4n) is 1.38. The Balaban J connectivity index is 4.29. The quantitative estimate of drug-likeness (QED) is 0.652. The van der Waals surface area contributed by atoms with Gasteiger partial charge in [0, 0.05) is 20.1 Å². The van der Waals surface area contributed by atoms with Gasteiger partial charge in [0.25, 0.3) is 5.91 Å². The van der Waals surface area contributed by atoms with E-state index in [1.54, 1.807) is 14.0 Å². The molecule has 5 nitrogen and oxygen atoms in total. The highest BCUT2D eigenvalue weighted by atomic mass is 16.7. The SMILES string of the molecule is COC[C@H](C)C(O)[C@@H](C)C(=O)N(C)OC. The van der Waals surface area contributed by atoms with Crippen LogP contribution in [-0.4, -0.2) is 50.1 Å². The Hall–Kier alpha value is -0.650. The number of rotatable bonds is 6. The van der Waals surface area contributed by atoms with Crippen LogP contribution in [-0.2, 0) is 14.4 Å². The zero-order valence-corrected chi connectivity index (χ0v) is 10.1. The molecule has 0 aliphatic carbocycles. The number of nitrogens with zero attached hydrogens (tertiary/aromatic N) is 1. The molecular formula is C10H21NO4. The normalized spacial score (nSPS) is 16.9. The maximum atomic E-state index is 11.6. The summed E-state index contributed by atoms with van der Waals surface area (Å²) in [7, 11) is 4.50. The maximum absolute atomic E-state index is 11.6. The van der Waals surface area contributed by atoms with E-state index in [1.807, 2.05) is 6.92 Å². The molecule has 0 aromatic heterocycles. The van der Waals surface area contributed by atoms with Gasteiger partial charge < -0.3 is 9.84 Å². The molecule has 0 heterocycles. The van der Waals surface area contributed by atoms with Crippen LogP contribution in [0.25, 0.3) is 0 Å². The van der Waals surface area contributed by atoms with E-state index in [2.05, 4.69) is 0 Å². The summed E-state index contributed by atoms with van der Waals surface area (Å²) < 4.78 is 4.93. The molecule has 1 unspecified atom stereocenters. The molecule has 0 aromatic carbocycles. The summed E-state index contributed by atoms with van der Waals surface area (Å²) in [6.45, 7) is 3.94. The van der Waals surface area contributed by atoms with Crippen molar-refractivity contribution < 1.29 is 19.5 Å². The van der Waals surface area contributed by atoms with Crippen molar-refractivity contribution in [1.29, 1.82) is 0 Å². The van der Waals surface area contributed by atoms with E-state index in [4.69, 9.17) is 9.57 Å². The second kappa shape index (κ2) is 6.76. The van der Waals surface area contributed by atoms with Gasteiger partial charge in [-0.05, 0) is 0 Å². The monoisotopic (exact) mass is 219 g/mol. The van der Waals surface area contributed by atoms with Crippen LogP contribution < -0.4 is 0 Å². The van der Waals surface area contributed by atoms with Crippen LogP contribution in [0.15, 0.2) is 0 Å². The lowest BCUT2D eigenvalue weighted by atomic mass is 9.93. The first-order chi connectivity index (χ1) is 6.95. The van der Waals surface area contributed by atoms with Gasteiger partial charge in [-0.1, -0.05) is 13.8 Å². The van der Waals surface area contributed by atoms with Crippen LogP contribution in [0.4, 0.5) is 0 Å². The third kappa shape index (κ3) is 4.15. The minimum atomic E-state index is -0.727. The molecular weight excluding hydrogens is 198 g/mol. The van der Waals surface area contributed by atoms with E-state index in [0.29, 0.717) is 6.61 Å². The molecule has 0 aliphatic rings. The van der Waals surface area contributed by atoms with E-state index in [0.717, 1.165) is 5.06 Å². The van der Waals surface area contributed by atoms with E-state index < -0.39 is 12.0 Å². The molecule has 0 bridgehead atoms. The van der Waals surface area contributed by atoms with Gasteiger partial charge in [-0.15, -0.1) is 0 Å². The molecule has 3 atom stereocenters. The lowest BCUT2D eigenvalue weighted by Gasteiger charge is -2.26. The number of hydrogen-bond donors (Lipinski definition) is 1. The molecule has 0 saturated heterocycles. The Morgan fingerprint density at radius 2 is 1.93 bits per heavy atom. The molecule has 5 heteroatoms. The number of methoxy groups -OCH3 is 1. The smallest absolute Gasteiger partial charge is 0.251 e. The number of amides is 1. The third-order valence-corrected chi connectivity index (χ3v) is 2.50. The van der Waals surface area contributed by atoms with Crippen molar-refractivity contribution in [2.24, 2.45) is 11.8 Å². The Morgan fingerprint density at radius 3 is 2.33 bits per heavy atom. The van der Waals surface area contributed by atoms with Gasteiger partial charge in [0.1, 0.15) is 0 Å². The van der Waals surface area contributed by atoms with Gasteiger partial charge in [-0.3, -0.25) is 9.63 Å². The zero-order valence-electron chi connectivity index (χ0n) is 10.1. The average molecular weight is 219 g/mol. The minimum Gasteiger partial charge on any atom is -0.392 e. The van der Waals surface area contributed by atoms with Gasteiger partial charge in [0.2, 0.25) is 0 Å². The largest absolute Gasteiger partial charge is 0.392 e. The summed E-state index contributed by atoms with van der Waals surface area (Å²) in [5.74, 6) is -0.827. The van der Waals surface area contributed by atoms with Crippen LogP contribution in [0, 0.1) is 11.8 Å². The van der Waals surface area contributed by atoms with Crippen molar-refractivity contribution in [1.82, 2.24) is 5.06 Å². The average Bonchev–Trinajstić information content (AvgIpc) is 2.25. The Morgan fingerprint density at radius 1 is 1.40 bits per heavy atom. The number of ether oxygens (including phenoxy) is 1. The molecule has 1 amide bonds. The van der Waals surface area contributed by atoms with Crippen molar-refractivity contribution in [2.75, 3.05) is 27.9 Å². The number of aliphatic hydroxyl groups excluding tert-OH is 1. The van der Waals surface area contributed by atoms with Crippen molar-refractivity contribution in [3.63, 3.8) is 0 Å². The first kappa shape index (κ1) is 14.3. The Labute approximate surface area is 90.9 Å². The highest BCUT2D eigenvalue weighted by Gasteiger charge is 2.29. The first-order valence-corrected chi connectivity index (χ1v) is 4.94. The van der Waals surface area contributed by atoms with E-state index in [9.17, 15) is 9.90 Å². The van der Waals surface area contributed by atoms with Crippen molar-refractivity contribution in [2.45, 2.75) is 20.0 Å². The molecule has 15 heavy (non-hydrogen) atoms. The number of aliphatic hydroxyl groups is 1. The standard InChI is InChI=1S/C10H21NO4/c1-7(6-14-4)9(12)8(2)10(13)11(3)15-5/h7-9,12H,6H2,1-5H3/t7-,8+,9?/m0/s1. The molecule has 0 saturated carbocycles.